The second kappa shape index (κ2) is 6.04. The minimum Gasteiger partial charge on any atom is -0.428 e. The summed E-state index contributed by atoms with van der Waals surface area (Å²) in [5.41, 5.74) is 1.71. The molecule has 0 saturated heterocycles. The van der Waals surface area contributed by atoms with Crippen LogP contribution in [0.5, 0.6) is 0 Å². The molecule has 0 saturated carbocycles. The quantitative estimate of drug-likeness (QED) is 0.853. The normalized spacial score (nSPS) is 11.2. The smallest absolute Gasteiger partial charge is 0.293 e. The summed E-state index contributed by atoms with van der Waals surface area (Å²) >= 11 is 5.66. The van der Waals surface area contributed by atoms with Crippen LogP contribution < -0.4 is 5.32 Å². The molecule has 1 N–H and O–H groups in total. The van der Waals surface area contributed by atoms with Gasteiger partial charge in [-0.2, -0.15) is 4.98 Å². The van der Waals surface area contributed by atoms with Crippen LogP contribution in [0.15, 0.2) is 22.6 Å². The van der Waals surface area contributed by atoms with Crippen molar-refractivity contribution >= 4 is 28.6 Å². The van der Waals surface area contributed by atoms with Gasteiger partial charge in [0.05, 0.1) is 0 Å². The number of hydrogen-bond donors (Lipinski definition) is 1. The highest BCUT2D eigenvalue weighted by Gasteiger charge is 2.09. The second-order valence-corrected chi connectivity index (χ2v) is 4.89. The molecule has 0 atom stereocenters. The molecule has 0 spiro atoms. The molecule has 1 amide bonds. The molecule has 0 radical (unpaired) electrons. The van der Waals surface area contributed by atoms with E-state index in [-0.39, 0.29) is 11.3 Å². The van der Waals surface area contributed by atoms with Crippen molar-refractivity contribution in [2.24, 2.45) is 0 Å². The lowest BCUT2D eigenvalue weighted by Crippen LogP contribution is -2.27. The lowest BCUT2D eigenvalue weighted by Gasteiger charge is -2.09. The summed E-state index contributed by atoms with van der Waals surface area (Å²) < 4.78 is 5.18. The Balaban J connectivity index is 1.97. The Morgan fingerprint density at radius 1 is 1.47 bits per heavy atom. The summed E-state index contributed by atoms with van der Waals surface area (Å²) in [5, 5.41) is 2.95. The predicted octanol–water partition coefficient (Wildman–Crippen LogP) is 2.16. The van der Waals surface area contributed by atoms with Crippen LogP contribution in [0.4, 0.5) is 0 Å². The SMILES string of the molecule is CN(C)CCCNC(=O)c1ccc2nc(Cl)oc2c1. The zero-order valence-electron chi connectivity index (χ0n) is 10.9. The van der Waals surface area contributed by atoms with Gasteiger partial charge >= 0.3 is 0 Å². The highest BCUT2D eigenvalue weighted by molar-refractivity contribution is 6.28. The van der Waals surface area contributed by atoms with Crippen molar-refractivity contribution in [1.29, 1.82) is 0 Å². The number of nitrogens with one attached hydrogen (secondary N) is 1. The molecule has 0 fully saturated rings. The van der Waals surface area contributed by atoms with Crippen molar-refractivity contribution < 1.29 is 9.21 Å². The third-order valence-electron chi connectivity index (χ3n) is 2.69. The fourth-order valence-electron chi connectivity index (χ4n) is 1.74. The first-order valence-electron chi connectivity index (χ1n) is 6.05. The molecule has 5 nitrogen and oxygen atoms in total. The van der Waals surface area contributed by atoms with Crippen LogP contribution in [0.3, 0.4) is 0 Å². The van der Waals surface area contributed by atoms with Crippen molar-refractivity contribution in [3.8, 4) is 0 Å². The number of nitrogens with zero attached hydrogens (tertiary/aromatic N) is 2. The lowest BCUT2D eigenvalue weighted by molar-refractivity contribution is 0.0952. The number of carbonyl (C=O) groups is 1. The number of amides is 1. The fourth-order valence-corrected chi connectivity index (χ4v) is 1.91. The molecule has 1 aromatic heterocycles. The van der Waals surface area contributed by atoms with Gasteiger partial charge in [-0.3, -0.25) is 4.79 Å². The summed E-state index contributed by atoms with van der Waals surface area (Å²) in [7, 11) is 4.01. The number of halogens is 1. The number of benzene rings is 1. The zero-order chi connectivity index (χ0) is 13.8. The van der Waals surface area contributed by atoms with E-state index in [2.05, 4.69) is 15.2 Å². The van der Waals surface area contributed by atoms with Crippen molar-refractivity contribution in [2.75, 3.05) is 27.2 Å². The van der Waals surface area contributed by atoms with E-state index in [0.29, 0.717) is 23.2 Å². The predicted molar refractivity (Wildman–Crippen MR) is 74.5 cm³/mol. The van der Waals surface area contributed by atoms with Gasteiger partial charge < -0.3 is 14.6 Å². The second-order valence-electron chi connectivity index (χ2n) is 4.56. The molecule has 0 aliphatic rings. The van der Waals surface area contributed by atoms with Crippen LogP contribution in [0.1, 0.15) is 16.8 Å². The molecule has 0 unspecified atom stereocenters. The molecule has 1 aromatic carbocycles. The average molecular weight is 282 g/mol. The molecule has 102 valence electrons. The first kappa shape index (κ1) is 13.8. The maximum atomic E-state index is 11.9. The monoisotopic (exact) mass is 281 g/mol. The van der Waals surface area contributed by atoms with Gasteiger partial charge in [0.15, 0.2) is 5.58 Å². The van der Waals surface area contributed by atoms with Crippen LogP contribution in [0, 0.1) is 0 Å². The van der Waals surface area contributed by atoms with Crippen molar-refractivity contribution in [1.82, 2.24) is 15.2 Å². The van der Waals surface area contributed by atoms with Gasteiger partial charge in [0, 0.05) is 12.1 Å². The number of rotatable bonds is 5. The molecule has 2 aromatic rings. The summed E-state index contributed by atoms with van der Waals surface area (Å²) in [6, 6.07) is 5.08. The van der Waals surface area contributed by atoms with Crippen LogP contribution in [-0.4, -0.2) is 43.0 Å². The zero-order valence-corrected chi connectivity index (χ0v) is 11.7. The lowest BCUT2D eigenvalue weighted by atomic mass is 10.2. The highest BCUT2D eigenvalue weighted by Crippen LogP contribution is 2.19. The van der Waals surface area contributed by atoms with E-state index in [9.17, 15) is 4.79 Å². The first-order valence-corrected chi connectivity index (χ1v) is 6.43. The van der Waals surface area contributed by atoms with Crippen LogP contribution >= 0.6 is 11.6 Å². The van der Waals surface area contributed by atoms with Crippen LogP contribution in [0.25, 0.3) is 11.1 Å². The molecule has 2 rings (SSSR count). The third-order valence-corrected chi connectivity index (χ3v) is 2.85. The Morgan fingerprint density at radius 3 is 3.00 bits per heavy atom. The number of oxazole rings is 1. The first-order chi connectivity index (χ1) is 9.06. The van der Waals surface area contributed by atoms with Crippen LogP contribution in [0.2, 0.25) is 5.35 Å². The maximum Gasteiger partial charge on any atom is 0.293 e. The minimum absolute atomic E-state index is 0.0820. The molecular formula is C13H16ClN3O2. The van der Waals surface area contributed by atoms with E-state index in [1.165, 1.54) is 0 Å². The van der Waals surface area contributed by atoms with Gasteiger partial charge in [-0.1, -0.05) is 0 Å². The fraction of sp³-hybridized carbons (Fsp3) is 0.385. The topological polar surface area (TPSA) is 58.4 Å². The summed E-state index contributed by atoms with van der Waals surface area (Å²) in [4.78, 5) is 18.0. The molecule has 0 aliphatic carbocycles. The standard InChI is InChI=1S/C13H16ClN3O2/c1-17(2)7-3-6-15-12(18)9-4-5-10-11(8-9)19-13(14)16-10/h4-5,8H,3,6-7H2,1-2H3,(H,15,18). The average Bonchev–Trinajstić information content (AvgIpc) is 2.73. The van der Waals surface area contributed by atoms with Gasteiger partial charge in [0.1, 0.15) is 5.52 Å². The molecule has 1 heterocycles. The van der Waals surface area contributed by atoms with Gasteiger partial charge in [0.2, 0.25) is 0 Å². The number of carbonyl (C=O) groups excluding carboxylic acids is 1. The highest BCUT2D eigenvalue weighted by atomic mass is 35.5. The van der Waals surface area contributed by atoms with Crippen molar-refractivity contribution in [3.05, 3.63) is 29.1 Å². The molecule has 0 bridgehead atoms. The Morgan fingerprint density at radius 2 is 2.26 bits per heavy atom. The van der Waals surface area contributed by atoms with Gasteiger partial charge in [0.25, 0.3) is 11.3 Å². The summed E-state index contributed by atoms with van der Waals surface area (Å²) in [6.07, 6.45) is 0.912. The van der Waals surface area contributed by atoms with Gasteiger partial charge in [-0.15, -0.1) is 0 Å². The van der Waals surface area contributed by atoms with Crippen LogP contribution in [-0.2, 0) is 0 Å². The molecule has 0 aliphatic heterocycles. The Labute approximate surface area is 116 Å². The summed E-state index contributed by atoms with van der Waals surface area (Å²) in [6.45, 7) is 1.59. The number of fused-ring (bicyclic) bond motifs is 1. The van der Waals surface area contributed by atoms with Crippen molar-refractivity contribution in [3.63, 3.8) is 0 Å². The van der Waals surface area contributed by atoms with Crippen molar-refractivity contribution in [2.45, 2.75) is 6.42 Å². The third kappa shape index (κ3) is 3.68. The Kier molecular flexibility index (Phi) is 4.39. The Hall–Kier alpha value is -1.59. The van der Waals surface area contributed by atoms with E-state index in [1.54, 1.807) is 18.2 Å². The van der Waals surface area contributed by atoms with E-state index < -0.39 is 0 Å². The van der Waals surface area contributed by atoms with E-state index in [4.69, 9.17) is 16.0 Å². The number of hydrogen-bond acceptors (Lipinski definition) is 4. The molecule has 19 heavy (non-hydrogen) atoms. The van der Waals surface area contributed by atoms with E-state index in [1.807, 2.05) is 14.1 Å². The van der Waals surface area contributed by atoms with E-state index >= 15 is 0 Å². The van der Waals surface area contributed by atoms with Gasteiger partial charge in [-0.25, -0.2) is 0 Å². The molecule has 6 heteroatoms. The molecular weight excluding hydrogens is 266 g/mol. The number of aromatic nitrogens is 1. The Bertz CT molecular complexity index is 580. The van der Waals surface area contributed by atoms with E-state index in [0.717, 1.165) is 13.0 Å². The largest absolute Gasteiger partial charge is 0.428 e. The van der Waals surface area contributed by atoms with Gasteiger partial charge in [-0.05, 0) is 56.9 Å². The summed E-state index contributed by atoms with van der Waals surface area (Å²) in [5.74, 6) is -0.117. The minimum atomic E-state index is -0.117. The maximum absolute atomic E-state index is 11.9.